The molecule has 0 saturated heterocycles. The standard InChI is InChI=1S/C15H11Cl2FN2/c16-10-5-3-7-12(15(10)18)19-8-13-14(17)9-4-1-2-6-11(9)20-13/h1-7,19-20H,8H2. The number of aromatic nitrogens is 1. The molecule has 3 rings (SSSR count). The summed E-state index contributed by atoms with van der Waals surface area (Å²) in [6, 6.07) is 12.6. The highest BCUT2D eigenvalue weighted by atomic mass is 35.5. The van der Waals surface area contributed by atoms with Gasteiger partial charge in [0, 0.05) is 10.9 Å². The average Bonchev–Trinajstić information content (AvgIpc) is 2.78. The molecule has 0 aliphatic rings. The molecule has 2 nitrogen and oxygen atoms in total. The zero-order valence-electron chi connectivity index (χ0n) is 10.4. The van der Waals surface area contributed by atoms with Crippen molar-refractivity contribution in [1.29, 1.82) is 0 Å². The third-order valence-electron chi connectivity index (χ3n) is 3.12. The first-order valence-electron chi connectivity index (χ1n) is 6.10. The normalized spacial score (nSPS) is 10.9. The van der Waals surface area contributed by atoms with Crippen molar-refractivity contribution >= 4 is 39.8 Å². The molecule has 20 heavy (non-hydrogen) atoms. The van der Waals surface area contributed by atoms with Gasteiger partial charge in [0.1, 0.15) is 0 Å². The van der Waals surface area contributed by atoms with Crippen LogP contribution in [0.25, 0.3) is 10.9 Å². The zero-order chi connectivity index (χ0) is 14.1. The molecule has 3 aromatic rings. The minimum atomic E-state index is -0.457. The second-order valence-electron chi connectivity index (χ2n) is 4.42. The summed E-state index contributed by atoms with van der Waals surface area (Å²) in [4.78, 5) is 3.22. The van der Waals surface area contributed by atoms with Gasteiger partial charge in [0.2, 0.25) is 0 Å². The van der Waals surface area contributed by atoms with Crippen LogP contribution in [0.1, 0.15) is 5.69 Å². The Kier molecular flexibility index (Phi) is 3.55. The van der Waals surface area contributed by atoms with Crippen LogP contribution in [0.5, 0.6) is 0 Å². The van der Waals surface area contributed by atoms with E-state index in [0.717, 1.165) is 16.6 Å². The molecule has 0 aliphatic heterocycles. The fourth-order valence-electron chi connectivity index (χ4n) is 2.11. The Labute approximate surface area is 125 Å². The molecule has 0 spiro atoms. The van der Waals surface area contributed by atoms with E-state index in [-0.39, 0.29) is 5.02 Å². The van der Waals surface area contributed by atoms with Crippen LogP contribution < -0.4 is 5.32 Å². The summed E-state index contributed by atoms with van der Waals surface area (Å²) in [5.41, 5.74) is 2.13. The maximum absolute atomic E-state index is 13.8. The minimum absolute atomic E-state index is 0.0951. The first-order valence-corrected chi connectivity index (χ1v) is 6.85. The van der Waals surface area contributed by atoms with Crippen molar-refractivity contribution in [2.24, 2.45) is 0 Å². The molecule has 0 fully saturated rings. The van der Waals surface area contributed by atoms with Crippen molar-refractivity contribution in [3.63, 3.8) is 0 Å². The number of para-hydroxylation sites is 1. The van der Waals surface area contributed by atoms with Crippen LogP contribution in [0.15, 0.2) is 42.5 Å². The van der Waals surface area contributed by atoms with E-state index in [2.05, 4.69) is 10.3 Å². The average molecular weight is 309 g/mol. The Morgan fingerprint density at radius 1 is 1.05 bits per heavy atom. The van der Waals surface area contributed by atoms with Crippen LogP contribution >= 0.6 is 23.2 Å². The Morgan fingerprint density at radius 3 is 2.65 bits per heavy atom. The topological polar surface area (TPSA) is 27.8 Å². The lowest BCUT2D eigenvalue weighted by atomic mass is 10.2. The maximum atomic E-state index is 13.8. The number of nitrogens with one attached hydrogen (secondary N) is 2. The molecule has 102 valence electrons. The van der Waals surface area contributed by atoms with Gasteiger partial charge in [-0.1, -0.05) is 47.5 Å². The molecule has 2 N–H and O–H groups in total. The van der Waals surface area contributed by atoms with Crippen LogP contribution in [0.4, 0.5) is 10.1 Å². The number of H-pyrrole nitrogens is 1. The predicted molar refractivity (Wildman–Crippen MR) is 82.0 cm³/mol. The van der Waals surface area contributed by atoms with Crippen molar-refractivity contribution < 1.29 is 4.39 Å². The van der Waals surface area contributed by atoms with Crippen LogP contribution in [-0.4, -0.2) is 4.98 Å². The molecule has 0 bridgehead atoms. The van der Waals surface area contributed by atoms with Gasteiger partial charge in [-0.2, -0.15) is 0 Å². The van der Waals surface area contributed by atoms with Crippen molar-refractivity contribution in [3.05, 3.63) is 64.0 Å². The monoisotopic (exact) mass is 308 g/mol. The van der Waals surface area contributed by atoms with Crippen LogP contribution in [0.3, 0.4) is 0 Å². The largest absolute Gasteiger partial charge is 0.377 e. The van der Waals surface area contributed by atoms with Crippen molar-refractivity contribution in [2.45, 2.75) is 6.54 Å². The SMILES string of the molecule is Fc1c(Cl)cccc1NCc1[nH]c2ccccc2c1Cl. The van der Waals surface area contributed by atoms with E-state index < -0.39 is 5.82 Å². The van der Waals surface area contributed by atoms with Gasteiger partial charge < -0.3 is 10.3 Å². The fraction of sp³-hybridized carbons (Fsp3) is 0.0667. The maximum Gasteiger partial charge on any atom is 0.164 e. The lowest BCUT2D eigenvalue weighted by Gasteiger charge is -2.07. The first kappa shape index (κ1) is 13.3. The summed E-state index contributed by atoms with van der Waals surface area (Å²) in [7, 11) is 0. The number of anilines is 1. The van der Waals surface area contributed by atoms with Crippen LogP contribution in [0.2, 0.25) is 10.0 Å². The molecule has 1 aromatic heterocycles. The fourth-order valence-corrected chi connectivity index (χ4v) is 2.56. The Bertz CT molecular complexity index is 768. The molecule has 1 heterocycles. The second-order valence-corrected chi connectivity index (χ2v) is 5.20. The molecular formula is C15H11Cl2FN2. The lowest BCUT2D eigenvalue weighted by molar-refractivity contribution is 0.630. The highest BCUT2D eigenvalue weighted by molar-refractivity contribution is 6.36. The summed E-state index contributed by atoms with van der Waals surface area (Å²) in [6.45, 7) is 0.394. The van der Waals surface area contributed by atoms with Crippen LogP contribution in [-0.2, 0) is 6.54 Å². The van der Waals surface area contributed by atoms with Gasteiger partial charge in [0.25, 0.3) is 0 Å². The summed E-state index contributed by atoms with van der Waals surface area (Å²) < 4.78 is 13.8. The van der Waals surface area contributed by atoms with Gasteiger partial charge in [-0.15, -0.1) is 0 Å². The Morgan fingerprint density at radius 2 is 1.85 bits per heavy atom. The van der Waals surface area contributed by atoms with Gasteiger partial charge in [-0.25, -0.2) is 4.39 Å². The number of hydrogen-bond acceptors (Lipinski definition) is 1. The number of fused-ring (bicyclic) bond motifs is 1. The Balaban J connectivity index is 1.87. The second kappa shape index (κ2) is 5.35. The van der Waals surface area contributed by atoms with Crippen molar-refractivity contribution in [1.82, 2.24) is 4.98 Å². The quantitative estimate of drug-likeness (QED) is 0.681. The number of rotatable bonds is 3. The van der Waals surface area contributed by atoms with E-state index in [1.165, 1.54) is 6.07 Å². The zero-order valence-corrected chi connectivity index (χ0v) is 11.9. The molecule has 0 amide bonds. The van der Waals surface area contributed by atoms with Gasteiger partial charge >= 0.3 is 0 Å². The number of hydrogen-bond donors (Lipinski definition) is 2. The van der Waals surface area contributed by atoms with Gasteiger partial charge in [0.15, 0.2) is 5.82 Å². The van der Waals surface area contributed by atoms with Gasteiger partial charge in [-0.05, 0) is 18.2 Å². The number of benzene rings is 2. The predicted octanol–water partition coefficient (Wildman–Crippen LogP) is 5.23. The Hall–Kier alpha value is -1.71. The minimum Gasteiger partial charge on any atom is -0.377 e. The molecule has 0 radical (unpaired) electrons. The summed E-state index contributed by atoms with van der Waals surface area (Å²) in [5, 5.41) is 4.70. The van der Waals surface area contributed by atoms with E-state index >= 15 is 0 Å². The van der Waals surface area contributed by atoms with E-state index in [1.54, 1.807) is 12.1 Å². The van der Waals surface area contributed by atoms with E-state index in [1.807, 2.05) is 24.3 Å². The summed E-state index contributed by atoms with van der Waals surface area (Å²) in [6.07, 6.45) is 0. The van der Waals surface area contributed by atoms with Crippen LogP contribution in [0, 0.1) is 5.82 Å². The molecule has 0 unspecified atom stereocenters. The van der Waals surface area contributed by atoms with Gasteiger partial charge in [-0.3, -0.25) is 0 Å². The number of halogens is 3. The van der Waals surface area contributed by atoms with Crippen molar-refractivity contribution in [2.75, 3.05) is 5.32 Å². The smallest absolute Gasteiger partial charge is 0.164 e. The highest BCUT2D eigenvalue weighted by Crippen LogP contribution is 2.28. The molecule has 5 heteroatoms. The third-order valence-corrected chi connectivity index (χ3v) is 3.84. The lowest BCUT2D eigenvalue weighted by Crippen LogP contribution is -2.02. The molecule has 0 atom stereocenters. The first-order chi connectivity index (χ1) is 9.66. The summed E-state index contributed by atoms with van der Waals surface area (Å²) >= 11 is 12.0. The highest BCUT2D eigenvalue weighted by Gasteiger charge is 2.10. The van der Waals surface area contributed by atoms with E-state index in [9.17, 15) is 4.39 Å². The van der Waals surface area contributed by atoms with Crippen molar-refractivity contribution in [3.8, 4) is 0 Å². The molecule has 2 aromatic carbocycles. The van der Waals surface area contributed by atoms with Gasteiger partial charge in [0.05, 0.1) is 28.0 Å². The molecule has 0 aliphatic carbocycles. The van der Waals surface area contributed by atoms with E-state index in [0.29, 0.717) is 17.3 Å². The molecular weight excluding hydrogens is 298 g/mol. The molecule has 0 saturated carbocycles. The van der Waals surface area contributed by atoms with E-state index in [4.69, 9.17) is 23.2 Å². The summed E-state index contributed by atoms with van der Waals surface area (Å²) in [5.74, 6) is -0.457. The third kappa shape index (κ3) is 2.35. The number of aromatic amines is 1.